The molecule has 0 saturated carbocycles. The van der Waals surface area contributed by atoms with Gasteiger partial charge < -0.3 is 0 Å². The second-order valence-corrected chi connectivity index (χ2v) is 4.89. The van der Waals surface area contributed by atoms with E-state index in [0.717, 1.165) is 6.54 Å². The third-order valence-electron chi connectivity index (χ3n) is 3.68. The molecule has 1 aliphatic heterocycles. The van der Waals surface area contributed by atoms with Crippen molar-refractivity contribution in [1.82, 2.24) is 9.88 Å². The van der Waals surface area contributed by atoms with Crippen LogP contribution in [0.5, 0.6) is 0 Å². The quantitative estimate of drug-likeness (QED) is 0.814. The molecule has 0 amide bonds. The highest BCUT2D eigenvalue weighted by Gasteiger charge is 2.25. The Morgan fingerprint density at radius 2 is 1.83 bits per heavy atom. The summed E-state index contributed by atoms with van der Waals surface area (Å²) in [6.45, 7) is 2.23. The molecule has 1 atom stereocenters. The standard InChI is InChI=1S/C16H18N2/c1-2-5-15(6-3-1)16-7-4-12-18(16)13-14-8-10-17-11-9-14/h1-3,5-6,8-11,16H,4,7,12-13H2. The maximum absolute atomic E-state index is 4.08. The zero-order valence-electron chi connectivity index (χ0n) is 10.5. The molecule has 1 saturated heterocycles. The van der Waals surface area contributed by atoms with Gasteiger partial charge in [0.1, 0.15) is 0 Å². The molecule has 0 aliphatic carbocycles. The van der Waals surface area contributed by atoms with Crippen LogP contribution in [-0.4, -0.2) is 16.4 Å². The zero-order chi connectivity index (χ0) is 12.2. The topological polar surface area (TPSA) is 16.1 Å². The lowest BCUT2D eigenvalue weighted by Crippen LogP contribution is -2.22. The number of hydrogen-bond donors (Lipinski definition) is 0. The molecule has 0 spiro atoms. The first-order valence-electron chi connectivity index (χ1n) is 6.61. The summed E-state index contributed by atoms with van der Waals surface area (Å²) in [5.74, 6) is 0. The van der Waals surface area contributed by atoms with Crippen molar-refractivity contribution in [1.29, 1.82) is 0 Å². The minimum atomic E-state index is 0.583. The number of nitrogens with zero attached hydrogens (tertiary/aromatic N) is 2. The van der Waals surface area contributed by atoms with E-state index in [4.69, 9.17) is 0 Å². The van der Waals surface area contributed by atoms with Gasteiger partial charge in [-0.05, 0) is 42.6 Å². The molecule has 2 nitrogen and oxygen atoms in total. The van der Waals surface area contributed by atoms with Gasteiger partial charge in [0.05, 0.1) is 0 Å². The largest absolute Gasteiger partial charge is 0.292 e. The Bertz CT molecular complexity index is 481. The zero-order valence-corrected chi connectivity index (χ0v) is 10.5. The van der Waals surface area contributed by atoms with E-state index in [1.807, 2.05) is 12.4 Å². The van der Waals surface area contributed by atoms with Crippen LogP contribution in [-0.2, 0) is 6.54 Å². The minimum absolute atomic E-state index is 0.583. The highest BCUT2D eigenvalue weighted by atomic mass is 15.2. The molecule has 1 unspecified atom stereocenters. The van der Waals surface area contributed by atoms with Crippen LogP contribution in [0.25, 0.3) is 0 Å². The summed E-state index contributed by atoms with van der Waals surface area (Å²) in [6, 6.07) is 15.7. The van der Waals surface area contributed by atoms with E-state index in [2.05, 4.69) is 52.3 Å². The van der Waals surface area contributed by atoms with Crippen molar-refractivity contribution in [2.75, 3.05) is 6.54 Å². The van der Waals surface area contributed by atoms with Crippen molar-refractivity contribution >= 4 is 0 Å². The minimum Gasteiger partial charge on any atom is -0.292 e. The summed E-state index contributed by atoms with van der Waals surface area (Å²) in [5.41, 5.74) is 2.80. The Morgan fingerprint density at radius 1 is 1.06 bits per heavy atom. The molecule has 2 heterocycles. The lowest BCUT2D eigenvalue weighted by molar-refractivity contribution is 0.248. The van der Waals surface area contributed by atoms with Gasteiger partial charge in [0.15, 0.2) is 0 Å². The predicted molar refractivity (Wildman–Crippen MR) is 73.1 cm³/mol. The first-order chi connectivity index (χ1) is 8.93. The second-order valence-electron chi connectivity index (χ2n) is 4.89. The SMILES string of the molecule is c1ccc(C2CCCN2Cc2ccncc2)cc1. The molecule has 1 fully saturated rings. The average molecular weight is 238 g/mol. The van der Waals surface area contributed by atoms with Crippen LogP contribution in [0.2, 0.25) is 0 Å². The van der Waals surface area contributed by atoms with Crippen molar-refractivity contribution in [3.8, 4) is 0 Å². The van der Waals surface area contributed by atoms with Crippen LogP contribution < -0.4 is 0 Å². The molecule has 92 valence electrons. The summed E-state index contributed by atoms with van der Waals surface area (Å²) < 4.78 is 0. The van der Waals surface area contributed by atoms with Crippen molar-refractivity contribution < 1.29 is 0 Å². The van der Waals surface area contributed by atoms with Crippen LogP contribution in [0.3, 0.4) is 0 Å². The van der Waals surface area contributed by atoms with Crippen LogP contribution in [0.1, 0.15) is 30.0 Å². The Hall–Kier alpha value is -1.67. The summed E-state index contributed by atoms with van der Waals surface area (Å²) >= 11 is 0. The van der Waals surface area contributed by atoms with E-state index in [-0.39, 0.29) is 0 Å². The lowest BCUT2D eigenvalue weighted by Gasteiger charge is -2.24. The van der Waals surface area contributed by atoms with Crippen LogP contribution in [0.4, 0.5) is 0 Å². The van der Waals surface area contributed by atoms with Crippen molar-refractivity contribution in [2.24, 2.45) is 0 Å². The fourth-order valence-electron chi connectivity index (χ4n) is 2.79. The first-order valence-corrected chi connectivity index (χ1v) is 6.61. The first kappa shape index (κ1) is 11.4. The highest BCUT2D eigenvalue weighted by Crippen LogP contribution is 2.32. The normalized spacial score (nSPS) is 20.1. The van der Waals surface area contributed by atoms with Gasteiger partial charge in [0.2, 0.25) is 0 Å². The Balaban J connectivity index is 1.76. The summed E-state index contributed by atoms with van der Waals surface area (Å²) in [5, 5.41) is 0. The molecule has 1 aromatic carbocycles. The molecular weight excluding hydrogens is 220 g/mol. The van der Waals surface area contributed by atoms with Gasteiger partial charge in [0.25, 0.3) is 0 Å². The number of likely N-dealkylation sites (tertiary alicyclic amines) is 1. The number of pyridine rings is 1. The van der Waals surface area contributed by atoms with E-state index in [1.165, 1.54) is 30.5 Å². The van der Waals surface area contributed by atoms with Gasteiger partial charge in [-0.15, -0.1) is 0 Å². The Kier molecular flexibility index (Phi) is 3.37. The fraction of sp³-hybridized carbons (Fsp3) is 0.312. The maximum atomic E-state index is 4.08. The van der Waals surface area contributed by atoms with E-state index in [0.29, 0.717) is 6.04 Å². The molecule has 0 radical (unpaired) electrons. The second kappa shape index (κ2) is 5.32. The van der Waals surface area contributed by atoms with Crippen LogP contribution >= 0.6 is 0 Å². The van der Waals surface area contributed by atoms with E-state index in [9.17, 15) is 0 Å². The third-order valence-corrected chi connectivity index (χ3v) is 3.68. The van der Waals surface area contributed by atoms with E-state index in [1.54, 1.807) is 0 Å². The summed E-state index contributed by atoms with van der Waals surface area (Å²) in [6.07, 6.45) is 6.32. The Morgan fingerprint density at radius 3 is 2.61 bits per heavy atom. The average Bonchev–Trinajstić information content (AvgIpc) is 2.89. The fourth-order valence-corrected chi connectivity index (χ4v) is 2.79. The number of hydrogen-bond acceptors (Lipinski definition) is 2. The Labute approximate surface area is 108 Å². The predicted octanol–water partition coefficient (Wildman–Crippen LogP) is 3.42. The smallest absolute Gasteiger partial charge is 0.0352 e. The molecule has 2 heteroatoms. The van der Waals surface area contributed by atoms with Gasteiger partial charge in [0, 0.05) is 25.0 Å². The highest BCUT2D eigenvalue weighted by molar-refractivity contribution is 5.20. The monoisotopic (exact) mass is 238 g/mol. The van der Waals surface area contributed by atoms with Gasteiger partial charge in [-0.1, -0.05) is 30.3 Å². The molecule has 18 heavy (non-hydrogen) atoms. The summed E-state index contributed by atoms with van der Waals surface area (Å²) in [4.78, 5) is 6.65. The molecule has 1 aliphatic rings. The molecular formula is C16H18N2. The van der Waals surface area contributed by atoms with Gasteiger partial charge >= 0.3 is 0 Å². The van der Waals surface area contributed by atoms with Crippen molar-refractivity contribution in [3.63, 3.8) is 0 Å². The van der Waals surface area contributed by atoms with Crippen LogP contribution in [0, 0.1) is 0 Å². The van der Waals surface area contributed by atoms with E-state index >= 15 is 0 Å². The van der Waals surface area contributed by atoms with Crippen molar-refractivity contribution in [2.45, 2.75) is 25.4 Å². The van der Waals surface area contributed by atoms with Gasteiger partial charge in [-0.2, -0.15) is 0 Å². The van der Waals surface area contributed by atoms with Gasteiger partial charge in [-0.25, -0.2) is 0 Å². The third kappa shape index (κ3) is 2.44. The molecule has 2 aromatic rings. The van der Waals surface area contributed by atoms with E-state index < -0.39 is 0 Å². The molecule has 1 aromatic heterocycles. The van der Waals surface area contributed by atoms with Crippen LogP contribution in [0.15, 0.2) is 54.9 Å². The molecule has 0 bridgehead atoms. The van der Waals surface area contributed by atoms with Gasteiger partial charge in [-0.3, -0.25) is 9.88 Å². The number of aromatic nitrogens is 1. The number of benzene rings is 1. The maximum Gasteiger partial charge on any atom is 0.0352 e. The lowest BCUT2D eigenvalue weighted by atomic mass is 10.0. The molecule has 3 rings (SSSR count). The molecule has 0 N–H and O–H groups in total. The number of rotatable bonds is 3. The van der Waals surface area contributed by atoms with Crippen molar-refractivity contribution in [3.05, 3.63) is 66.0 Å². The summed E-state index contributed by atoms with van der Waals surface area (Å²) in [7, 11) is 0.